The molecular formula is C10H14N4O. The van der Waals surface area contributed by atoms with Crippen LogP contribution in [0.15, 0.2) is 12.3 Å². The summed E-state index contributed by atoms with van der Waals surface area (Å²) < 4.78 is 1.53. The topological polar surface area (TPSA) is 70.7 Å². The van der Waals surface area contributed by atoms with E-state index in [4.69, 9.17) is 5.26 Å². The molecule has 0 aliphatic rings. The number of amides is 1. The van der Waals surface area contributed by atoms with Crippen molar-refractivity contribution < 1.29 is 4.79 Å². The summed E-state index contributed by atoms with van der Waals surface area (Å²) in [6.07, 6.45) is 3.78. The number of aromatic nitrogens is 2. The van der Waals surface area contributed by atoms with E-state index in [-0.39, 0.29) is 5.91 Å². The third-order valence-corrected chi connectivity index (χ3v) is 2.05. The van der Waals surface area contributed by atoms with Crippen LogP contribution in [0, 0.1) is 11.3 Å². The molecule has 0 atom stereocenters. The van der Waals surface area contributed by atoms with Gasteiger partial charge in [-0.1, -0.05) is 0 Å². The normalized spacial score (nSPS) is 9.60. The molecule has 0 aliphatic carbocycles. The van der Waals surface area contributed by atoms with Gasteiger partial charge >= 0.3 is 0 Å². The van der Waals surface area contributed by atoms with Crippen LogP contribution in [0.3, 0.4) is 0 Å². The molecule has 0 fully saturated rings. The number of hydrogen-bond acceptors (Lipinski definition) is 3. The molecule has 15 heavy (non-hydrogen) atoms. The van der Waals surface area contributed by atoms with Crippen LogP contribution in [0.1, 0.15) is 29.8 Å². The maximum Gasteiger partial charge on any atom is 0.269 e. The molecule has 1 aromatic heterocycles. The van der Waals surface area contributed by atoms with Gasteiger partial charge in [-0.25, -0.2) is 0 Å². The minimum absolute atomic E-state index is 0.119. The number of carbonyl (C=O) groups is 1. The molecule has 80 valence electrons. The molecule has 1 N–H and O–H groups in total. The Morgan fingerprint density at radius 3 is 3.07 bits per heavy atom. The third kappa shape index (κ3) is 3.43. The molecular weight excluding hydrogens is 192 g/mol. The Morgan fingerprint density at radius 1 is 1.67 bits per heavy atom. The Morgan fingerprint density at radius 2 is 2.47 bits per heavy atom. The van der Waals surface area contributed by atoms with Crippen molar-refractivity contribution in [2.45, 2.75) is 19.3 Å². The molecule has 1 amide bonds. The van der Waals surface area contributed by atoms with Gasteiger partial charge in [-0.05, 0) is 18.9 Å². The molecule has 0 spiro atoms. The summed E-state index contributed by atoms with van der Waals surface area (Å²) in [6.45, 7) is 0.603. The molecule has 0 saturated carbocycles. The Kier molecular flexibility index (Phi) is 4.35. The lowest BCUT2D eigenvalue weighted by molar-refractivity contribution is 0.0943. The van der Waals surface area contributed by atoms with Gasteiger partial charge < -0.3 is 5.32 Å². The van der Waals surface area contributed by atoms with E-state index < -0.39 is 0 Å². The molecule has 0 aliphatic heterocycles. The standard InChI is InChI=1S/C10H14N4O/c1-14-9(5-8-13-14)10(15)12-7-4-2-3-6-11/h5,8H,2-4,7H2,1H3,(H,12,15). The summed E-state index contributed by atoms with van der Waals surface area (Å²) in [6, 6.07) is 3.74. The van der Waals surface area contributed by atoms with Crippen molar-refractivity contribution in [3.8, 4) is 6.07 Å². The van der Waals surface area contributed by atoms with E-state index in [2.05, 4.69) is 16.5 Å². The van der Waals surface area contributed by atoms with Crippen LogP contribution in [-0.4, -0.2) is 22.2 Å². The molecule has 0 bridgehead atoms. The minimum atomic E-state index is -0.119. The van der Waals surface area contributed by atoms with Crippen molar-refractivity contribution in [2.75, 3.05) is 6.54 Å². The molecule has 5 nitrogen and oxygen atoms in total. The van der Waals surface area contributed by atoms with Crippen LogP contribution in [0.4, 0.5) is 0 Å². The largest absolute Gasteiger partial charge is 0.351 e. The lowest BCUT2D eigenvalue weighted by Gasteiger charge is -2.03. The number of aryl methyl sites for hydroxylation is 1. The maximum atomic E-state index is 11.5. The van der Waals surface area contributed by atoms with Crippen molar-refractivity contribution in [2.24, 2.45) is 7.05 Å². The number of nitriles is 1. The van der Waals surface area contributed by atoms with Gasteiger partial charge in [-0.15, -0.1) is 0 Å². The zero-order valence-electron chi connectivity index (χ0n) is 8.73. The van der Waals surface area contributed by atoms with Crippen LogP contribution in [-0.2, 0) is 7.05 Å². The highest BCUT2D eigenvalue weighted by Crippen LogP contribution is 1.96. The molecule has 0 aromatic carbocycles. The summed E-state index contributed by atoms with van der Waals surface area (Å²) in [5, 5.41) is 15.0. The van der Waals surface area contributed by atoms with E-state index in [9.17, 15) is 4.79 Å². The highest BCUT2D eigenvalue weighted by atomic mass is 16.2. The van der Waals surface area contributed by atoms with Crippen LogP contribution in [0.2, 0.25) is 0 Å². The minimum Gasteiger partial charge on any atom is -0.351 e. The zero-order valence-corrected chi connectivity index (χ0v) is 8.73. The first kappa shape index (κ1) is 11.2. The molecule has 0 radical (unpaired) electrons. The maximum absolute atomic E-state index is 11.5. The van der Waals surface area contributed by atoms with Gasteiger partial charge in [0, 0.05) is 26.2 Å². The van der Waals surface area contributed by atoms with E-state index in [1.807, 2.05) is 0 Å². The van der Waals surface area contributed by atoms with Gasteiger partial charge in [0.25, 0.3) is 5.91 Å². The van der Waals surface area contributed by atoms with Crippen LogP contribution in [0.25, 0.3) is 0 Å². The number of rotatable bonds is 5. The molecule has 1 rings (SSSR count). The lowest BCUT2D eigenvalue weighted by Crippen LogP contribution is -2.26. The van der Waals surface area contributed by atoms with Crippen molar-refractivity contribution in [3.05, 3.63) is 18.0 Å². The van der Waals surface area contributed by atoms with Gasteiger partial charge in [-0.3, -0.25) is 9.48 Å². The zero-order chi connectivity index (χ0) is 11.1. The predicted molar refractivity (Wildman–Crippen MR) is 55.0 cm³/mol. The Balaban J connectivity index is 2.26. The van der Waals surface area contributed by atoms with E-state index in [0.29, 0.717) is 18.7 Å². The number of carbonyl (C=O) groups excluding carboxylic acids is 1. The molecule has 0 saturated heterocycles. The van der Waals surface area contributed by atoms with E-state index >= 15 is 0 Å². The Hall–Kier alpha value is -1.83. The number of hydrogen-bond donors (Lipinski definition) is 1. The lowest BCUT2D eigenvalue weighted by atomic mass is 10.2. The fourth-order valence-electron chi connectivity index (χ4n) is 1.22. The van der Waals surface area contributed by atoms with Crippen LogP contribution >= 0.6 is 0 Å². The number of nitrogens with zero attached hydrogens (tertiary/aromatic N) is 3. The highest BCUT2D eigenvalue weighted by Gasteiger charge is 2.07. The van der Waals surface area contributed by atoms with Gasteiger partial charge in [0.05, 0.1) is 6.07 Å². The highest BCUT2D eigenvalue weighted by molar-refractivity contribution is 5.92. The SMILES string of the molecule is Cn1nccc1C(=O)NCCCCC#N. The fraction of sp³-hybridized carbons (Fsp3) is 0.500. The van der Waals surface area contributed by atoms with Crippen molar-refractivity contribution >= 4 is 5.91 Å². The second kappa shape index (κ2) is 5.81. The first-order valence-corrected chi connectivity index (χ1v) is 4.89. The van der Waals surface area contributed by atoms with Crippen molar-refractivity contribution in [1.29, 1.82) is 5.26 Å². The van der Waals surface area contributed by atoms with Gasteiger partial charge in [0.2, 0.25) is 0 Å². The van der Waals surface area contributed by atoms with Crippen molar-refractivity contribution in [1.82, 2.24) is 15.1 Å². The van der Waals surface area contributed by atoms with Gasteiger partial charge in [0.15, 0.2) is 0 Å². The molecule has 0 unspecified atom stereocenters. The monoisotopic (exact) mass is 206 g/mol. The van der Waals surface area contributed by atoms with Gasteiger partial charge in [-0.2, -0.15) is 10.4 Å². The first-order valence-electron chi connectivity index (χ1n) is 4.89. The van der Waals surface area contributed by atoms with Crippen LogP contribution < -0.4 is 5.32 Å². The first-order chi connectivity index (χ1) is 7.25. The summed E-state index contributed by atoms with van der Waals surface area (Å²) in [5.41, 5.74) is 0.551. The summed E-state index contributed by atoms with van der Waals surface area (Å²) in [4.78, 5) is 11.5. The predicted octanol–water partition coefficient (Wildman–Crippen LogP) is 0.844. The molecule has 5 heteroatoms. The smallest absolute Gasteiger partial charge is 0.269 e. The number of unbranched alkanes of at least 4 members (excludes halogenated alkanes) is 2. The quantitative estimate of drug-likeness (QED) is 0.726. The van der Waals surface area contributed by atoms with E-state index in [0.717, 1.165) is 12.8 Å². The third-order valence-electron chi connectivity index (χ3n) is 2.05. The summed E-state index contributed by atoms with van der Waals surface area (Å²) in [5.74, 6) is -0.119. The second-order valence-corrected chi connectivity index (χ2v) is 3.21. The van der Waals surface area contributed by atoms with Crippen molar-refractivity contribution in [3.63, 3.8) is 0 Å². The van der Waals surface area contributed by atoms with E-state index in [1.54, 1.807) is 19.3 Å². The average molecular weight is 206 g/mol. The Bertz CT molecular complexity index is 364. The second-order valence-electron chi connectivity index (χ2n) is 3.21. The summed E-state index contributed by atoms with van der Waals surface area (Å²) >= 11 is 0. The summed E-state index contributed by atoms with van der Waals surface area (Å²) in [7, 11) is 1.73. The molecule has 1 heterocycles. The number of nitrogens with one attached hydrogen (secondary N) is 1. The van der Waals surface area contributed by atoms with Gasteiger partial charge in [0.1, 0.15) is 5.69 Å². The molecule has 1 aromatic rings. The van der Waals surface area contributed by atoms with Crippen LogP contribution in [0.5, 0.6) is 0 Å². The van der Waals surface area contributed by atoms with E-state index in [1.165, 1.54) is 4.68 Å². The fourth-order valence-corrected chi connectivity index (χ4v) is 1.22. The Labute approximate surface area is 88.7 Å². The average Bonchev–Trinajstić information content (AvgIpc) is 2.64.